The van der Waals surface area contributed by atoms with Crippen molar-refractivity contribution in [3.05, 3.63) is 24.0 Å². The number of carbonyl (C=O) groups is 1. The fourth-order valence-corrected chi connectivity index (χ4v) is 1.78. The molecule has 21 heavy (non-hydrogen) atoms. The van der Waals surface area contributed by atoms with E-state index in [-0.39, 0.29) is 18.1 Å². The zero-order valence-corrected chi connectivity index (χ0v) is 13.8. The summed E-state index contributed by atoms with van der Waals surface area (Å²) in [4.78, 5) is 16.1. The van der Waals surface area contributed by atoms with E-state index in [1.807, 2.05) is 0 Å². The Balaban J connectivity index is 2.72. The minimum absolute atomic E-state index is 0.0406. The largest absolute Gasteiger partial charge is 0.385 e. The number of hydrogen-bond donors (Lipinski definition) is 2. The highest BCUT2D eigenvalue weighted by Gasteiger charge is 2.30. The van der Waals surface area contributed by atoms with Crippen molar-refractivity contribution in [3.8, 4) is 0 Å². The molecule has 7 heteroatoms. The molecule has 2 N–H and O–H groups in total. The van der Waals surface area contributed by atoms with Gasteiger partial charge in [0.2, 0.25) is 0 Å². The molecule has 1 rings (SSSR count). The number of sulfone groups is 1. The van der Waals surface area contributed by atoms with Gasteiger partial charge in [-0.1, -0.05) is 6.92 Å². The number of anilines is 1. The lowest BCUT2D eigenvalue weighted by Gasteiger charge is -2.22. The number of aromatic nitrogens is 1. The predicted octanol–water partition coefficient (Wildman–Crippen LogP) is 1.46. The molecule has 0 aromatic carbocycles. The second-order valence-electron chi connectivity index (χ2n) is 5.57. The second kappa shape index (κ2) is 6.89. The first-order valence-electron chi connectivity index (χ1n) is 6.85. The number of pyridine rings is 1. The van der Waals surface area contributed by atoms with Gasteiger partial charge in [0.25, 0.3) is 5.91 Å². The van der Waals surface area contributed by atoms with Gasteiger partial charge in [0.15, 0.2) is 9.84 Å². The quantitative estimate of drug-likeness (QED) is 0.795. The van der Waals surface area contributed by atoms with Gasteiger partial charge < -0.3 is 10.6 Å². The van der Waals surface area contributed by atoms with Crippen molar-refractivity contribution < 1.29 is 13.2 Å². The minimum atomic E-state index is -3.25. The fourth-order valence-electron chi connectivity index (χ4n) is 1.45. The van der Waals surface area contributed by atoms with Gasteiger partial charge in [-0.3, -0.25) is 9.78 Å². The molecule has 1 heterocycles. The molecule has 0 radical (unpaired) electrons. The summed E-state index contributed by atoms with van der Waals surface area (Å²) in [7, 11) is -3.25. The van der Waals surface area contributed by atoms with Gasteiger partial charge >= 0.3 is 0 Å². The van der Waals surface area contributed by atoms with Gasteiger partial charge in [-0.05, 0) is 32.4 Å². The lowest BCUT2D eigenvalue weighted by Crippen LogP contribution is -2.43. The maximum atomic E-state index is 12.0. The topological polar surface area (TPSA) is 88.2 Å². The number of rotatable bonds is 7. The Morgan fingerprint density at radius 3 is 2.62 bits per heavy atom. The van der Waals surface area contributed by atoms with Crippen molar-refractivity contribution in [2.75, 3.05) is 24.7 Å². The molecule has 0 aliphatic heterocycles. The maximum absolute atomic E-state index is 12.0. The first kappa shape index (κ1) is 17.4. The Bertz CT molecular complexity index is 597. The predicted molar refractivity (Wildman–Crippen MR) is 84.3 cm³/mol. The van der Waals surface area contributed by atoms with E-state index in [2.05, 4.69) is 22.5 Å². The van der Waals surface area contributed by atoms with Crippen molar-refractivity contribution in [1.82, 2.24) is 10.3 Å². The lowest BCUT2D eigenvalue weighted by molar-refractivity contribution is 0.0945. The fraction of sp³-hybridized carbons (Fsp3) is 0.571. The zero-order chi connectivity index (χ0) is 16.1. The molecule has 0 unspecified atom stereocenters. The van der Waals surface area contributed by atoms with Gasteiger partial charge in [-0.15, -0.1) is 0 Å². The summed E-state index contributed by atoms with van der Waals surface area (Å²) >= 11 is 0. The SMILES string of the molecule is CCCNc1ccnc(C(=O)NCC(C)(C)S(C)(=O)=O)c1. The molecule has 0 fully saturated rings. The number of nitrogens with one attached hydrogen (secondary N) is 2. The van der Waals surface area contributed by atoms with Gasteiger partial charge in [0, 0.05) is 31.2 Å². The Morgan fingerprint density at radius 1 is 1.38 bits per heavy atom. The molecule has 118 valence electrons. The van der Waals surface area contributed by atoms with E-state index in [1.165, 1.54) is 0 Å². The summed E-state index contributed by atoms with van der Waals surface area (Å²) in [6, 6.07) is 3.44. The van der Waals surface area contributed by atoms with Crippen molar-refractivity contribution in [3.63, 3.8) is 0 Å². The van der Waals surface area contributed by atoms with Crippen LogP contribution in [0.2, 0.25) is 0 Å². The molecular weight excluding hydrogens is 290 g/mol. The van der Waals surface area contributed by atoms with Crippen molar-refractivity contribution in [1.29, 1.82) is 0 Å². The molecule has 6 nitrogen and oxygen atoms in total. The van der Waals surface area contributed by atoms with E-state index < -0.39 is 14.6 Å². The smallest absolute Gasteiger partial charge is 0.270 e. The van der Waals surface area contributed by atoms with Crippen LogP contribution in [0.4, 0.5) is 5.69 Å². The van der Waals surface area contributed by atoms with Crippen LogP contribution in [0.3, 0.4) is 0 Å². The molecule has 1 aromatic heterocycles. The molecule has 0 spiro atoms. The molecule has 1 amide bonds. The second-order valence-corrected chi connectivity index (χ2v) is 8.22. The Hall–Kier alpha value is -1.63. The Kier molecular flexibility index (Phi) is 5.71. The summed E-state index contributed by atoms with van der Waals surface area (Å²) in [5.74, 6) is -0.383. The average molecular weight is 313 g/mol. The summed E-state index contributed by atoms with van der Waals surface area (Å²) < 4.78 is 22.2. The molecule has 0 aliphatic carbocycles. The highest BCUT2D eigenvalue weighted by Crippen LogP contribution is 2.14. The van der Waals surface area contributed by atoms with Gasteiger partial charge in [0.05, 0.1) is 4.75 Å². The molecule has 0 saturated carbocycles. The van der Waals surface area contributed by atoms with Gasteiger partial charge in [-0.25, -0.2) is 8.42 Å². The van der Waals surface area contributed by atoms with Crippen molar-refractivity contribution >= 4 is 21.4 Å². The van der Waals surface area contributed by atoms with E-state index in [0.29, 0.717) is 0 Å². The highest BCUT2D eigenvalue weighted by molar-refractivity contribution is 7.92. The maximum Gasteiger partial charge on any atom is 0.270 e. The summed E-state index contributed by atoms with van der Waals surface area (Å²) in [5, 5.41) is 5.79. The van der Waals surface area contributed by atoms with E-state index in [1.54, 1.807) is 32.2 Å². The summed E-state index contributed by atoms with van der Waals surface area (Å²) in [5.41, 5.74) is 1.08. The monoisotopic (exact) mass is 313 g/mol. The van der Waals surface area contributed by atoms with Gasteiger partial charge in [0.1, 0.15) is 5.69 Å². The third kappa shape index (κ3) is 5.00. The first-order chi connectivity index (χ1) is 9.67. The number of nitrogens with zero attached hydrogens (tertiary/aromatic N) is 1. The van der Waals surface area contributed by atoms with Crippen LogP contribution < -0.4 is 10.6 Å². The van der Waals surface area contributed by atoms with Crippen LogP contribution >= 0.6 is 0 Å². The minimum Gasteiger partial charge on any atom is -0.385 e. The number of hydrogen-bond acceptors (Lipinski definition) is 5. The van der Waals surface area contributed by atoms with E-state index in [0.717, 1.165) is 24.9 Å². The van der Waals surface area contributed by atoms with Crippen LogP contribution in [-0.2, 0) is 9.84 Å². The molecule has 0 saturated heterocycles. The third-order valence-electron chi connectivity index (χ3n) is 3.25. The van der Waals surface area contributed by atoms with Crippen LogP contribution in [0.15, 0.2) is 18.3 Å². The molecule has 0 atom stereocenters. The Labute approximate surface area is 126 Å². The molecule has 1 aromatic rings. The summed E-state index contributed by atoms with van der Waals surface area (Å²) in [6.07, 6.45) is 3.69. The van der Waals surface area contributed by atoms with Crippen LogP contribution in [0.5, 0.6) is 0 Å². The third-order valence-corrected chi connectivity index (χ3v) is 5.40. The van der Waals surface area contributed by atoms with Crippen LogP contribution in [0.25, 0.3) is 0 Å². The van der Waals surface area contributed by atoms with Crippen molar-refractivity contribution in [2.24, 2.45) is 0 Å². The van der Waals surface area contributed by atoms with E-state index in [4.69, 9.17) is 0 Å². The first-order valence-corrected chi connectivity index (χ1v) is 8.74. The summed E-state index contributed by atoms with van der Waals surface area (Å²) in [6.45, 7) is 6.06. The Morgan fingerprint density at radius 2 is 2.05 bits per heavy atom. The highest BCUT2D eigenvalue weighted by atomic mass is 32.2. The standard InChI is InChI=1S/C14H23N3O3S/c1-5-7-15-11-6-8-16-12(9-11)13(18)17-10-14(2,3)21(4,19)20/h6,8-9H,5,7,10H2,1-4H3,(H,15,16)(H,17,18). The van der Waals surface area contributed by atoms with Crippen LogP contribution in [0, 0.1) is 0 Å². The van der Waals surface area contributed by atoms with Gasteiger partial charge in [-0.2, -0.15) is 0 Å². The zero-order valence-electron chi connectivity index (χ0n) is 12.9. The van der Waals surface area contributed by atoms with Crippen molar-refractivity contribution in [2.45, 2.75) is 31.9 Å². The average Bonchev–Trinajstić information content (AvgIpc) is 2.41. The molecular formula is C14H23N3O3S. The number of amides is 1. The lowest BCUT2D eigenvalue weighted by atomic mass is 10.2. The number of carbonyl (C=O) groups excluding carboxylic acids is 1. The molecule has 0 bridgehead atoms. The van der Waals surface area contributed by atoms with Crippen LogP contribution in [-0.4, -0.2) is 43.4 Å². The van der Waals surface area contributed by atoms with E-state index in [9.17, 15) is 13.2 Å². The van der Waals surface area contributed by atoms with E-state index >= 15 is 0 Å². The molecule has 0 aliphatic rings. The normalized spacial score (nSPS) is 12.0. The van der Waals surface area contributed by atoms with Crippen LogP contribution in [0.1, 0.15) is 37.7 Å².